The van der Waals surface area contributed by atoms with Crippen LogP contribution in [0.1, 0.15) is 10.4 Å². The second-order valence-corrected chi connectivity index (χ2v) is 2.65. The third-order valence-electron chi connectivity index (χ3n) is 1.88. The molecule has 0 aliphatic rings. The molecule has 0 unspecified atom stereocenters. The van der Waals surface area contributed by atoms with Gasteiger partial charge in [0.1, 0.15) is 11.3 Å². The Balaban J connectivity index is 3.40. The number of hydrogen-bond acceptors (Lipinski definition) is 4. The van der Waals surface area contributed by atoms with Gasteiger partial charge in [-0.25, -0.2) is 9.18 Å². The van der Waals surface area contributed by atoms with Crippen LogP contribution in [0.2, 0.25) is 0 Å². The van der Waals surface area contributed by atoms with E-state index >= 15 is 0 Å². The predicted molar refractivity (Wildman–Crippen MR) is 50.8 cm³/mol. The summed E-state index contributed by atoms with van der Waals surface area (Å²) in [7, 11) is 3.84. The van der Waals surface area contributed by atoms with Crippen molar-refractivity contribution in [2.24, 2.45) is 0 Å². The zero-order valence-corrected chi connectivity index (χ0v) is 8.67. The van der Waals surface area contributed by atoms with Crippen molar-refractivity contribution in [3.63, 3.8) is 0 Å². The molecule has 0 aromatic heterocycles. The van der Waals surface area contributed by atoms with E-state index in [1.165, 1.54) is 27.4 Å². The molecule has 15 heavy (non-hydrogen) atoms. The lowest BCUT2D eigenvalue weighted by molar-refractivity contribution is 0.0592. The number of hydrogen-bond donors (Lipinski definition) is 0. The highest BCUT2D eigenvalue weighted by Gasteiger charge is 2.22. The Morgan fingerprint density at radius 2 is 1.87 bits per heavy atom. The zero-order chi connectivity index (χ0) is 11.4. The Morgan fingerprint density at radius 3 is 2.33 bits per heavy atom. The minimum Gasteiger partial charge on any atom is -0.496 e. The molecule has 0 saturated carbocycles. The summed E-state index contributed by atoms with van der Waals surface area (Å²) >= 11 is 0. The summed E-state index contributed by atoms with van der Waals surface area (Å²) in [6, 6.07) is 2.49. The van der Waals surface area contributed by atoms with Crippen LogP contribution in [0.5, 0.6) is 11.5 Å². The van der Waals surface area contributed by atoms with Crippen LogP contribution in [0.25, 0.3) is 0 Å². The van der Waals surface area contributed by atoms with Gasteiger partial charge in [0.25, 0.3) is 0 Å². The Hall–Kier alpha value is -1.78. The molecule has 0 amide bonds. The minimum atomic E-state index is -0.705. The molecule has 0 radical (unpaired) electrons. The summed E-state index contributed by atoms with van der Waals surface area (Å²) in [5, 5.41) is 0. The molecule has 0 spiro atoms. The second-order valence-electron chi connectivity index (χ2n) is 2.65. The van der Waals surface area contributed by atoms with Gasteiger partial charge < -0.3 is 14.2 Å². The van der Waals surface area contributed by atoms with Crippen LogP contribution in [0, 0.1) is 5.82 Å². The van der Waals surface area contributed by atoms with Gasteiger partial charge in [0.15, 0.2) is 11.6 Å². The van der Waals surface area contributed by atoms with E-state index in [9.17, 15) is 9.18 Å². The first-order valence-corrected chi connectivity index (χ1v) is 4.14. The third-order valence-corrected chi connectivity index (χ3v) is 1.88. The van der Waals surface area contributed by atoms with Crippen LogP contribution in [0.4, 0.5) is 4.39 Å². The first kappa shape index (κ1) is 11.3. The summed E-state index contributed by atoms with van der Waals surface area (Å²) < 4.78 is 27.5. The smallest absolute Gasteiger partial charge is 0.345 e. The quantitative estimate of drug-likeness (QED) is 0.717. The van der Waals surface area contributed by atoms with E-state index in [0.717, 1.165) is 6.07 Å². The maximum absolute atomic E-state index is 13.3. The largest absolute Gasteiger partial charge is 0.496 e. The molecule has 5 heteroatoms. The number of esters is 1. The number of halogens is 1. The molecule has 0 aliphatic heterocycles. The molecule has 0 heterocycles. The Labute approximate surface area is 86.6 Å². The highest BCUT2D eigenvalue weighted by atomic mass is 19.1. The monoisotopic (exact) mass is 214 g/mol. The van der Waals surface area contributed by atoms with E-state index in [4.69, 9.17) is 9.47 Å². The minimum absolute atomic E-state index is 0.0532. The standard InChI is InChI=1S/C10H11FO4/c1-13-7-5-4-6(11)9(14-2)8(7)10(12)15-3/h4-5H,1-3H3. The lowest BCUT2D eigenvalue weighted by Crippen LogP contribution is -2.08. The summed E-state index contributed by atoms with van der Waals surface area (Å²) in [5.74, 6) is -1.32. The number of benzene rings is 1. The van der Waals surface area contributed by atoms with Gasteiger partial charge in [-0.3, -0.25) is 0 Å². The number of carbonyl (C=O) groups excluding carboxylic acids is 1. The van der Waals surface area contributed by atoms with Crippen molar-refractivity contribution >= 4 is 5.97 Å². The third kappa shape index (κ3) is 2.01. The van der Waals surface area contributed by atoms with Crippen molar-refractivity contribution in [1.82, 2.24) is 0 Å². The van der Waals surface area contributed by atoms with E-state index in [-0.39, 0.29) is 17.1 Å². The molecular formula is C10H11FO4. The van der Waals surface area contributed by atoms with Gasteiger partial charge in [0, 0.05) is 0 Å². The summed E-state index contributed by atoms with van der Waals surface area (Å²) in [4.78, 5) is 11.4. The number of methoxy groups -OCH3 is 3. The molecular weight excluding hydrogens is 203 g/mol. The lowest BCUT2D eigenvalue weighted by Gasteiger charge is -2.11. The molecule has 0 saturated heterocycles. The van der Waals surface area contributed by atoms with Gasteiger partial charge in [0.2, 0.25) is 0 Å². The number of ether oxygens (including phenoxy) is 3. The highest BCUT2D eigenvalue weighted by Crippen LogP contribution is 2.31. The van der Waals surface area contributed by atoms with E-state index in [1.807, 2.05) is 0 Å². The lowest BCUT2D eigenvalue weighted by atomic mass is 10.1. The summed E-state index contributed by atoms with van der Waals surface area (Å²) in [5.41, 5.74) is -0.0532. The molecule has 0 fully saturated rings. The Morgan fingerprint density at radius 1 is 1.20 bits per heavy atom. The van der Waals surface area contributed by atoms with E-state index in [0.29, 0.717) is 0 Å². The summed E-state index contributed by atoms with van der Waals surface area (Å²) in [6.07, 6.45) is 0. The first-order valence-electron chi connectivity index (χ1n) is 4.14. The fourth-order valence-electron chi connectivity index (χ4n) is 1.20. The van der Waals surface area contributed by atoms with Crippen molar-refractivity contribution < 1.29 is 23.4 Å². The highest BCUT2D eigenvalue weighted by molar-refractivity contribution is 5.95. The number of carbonyl (C=O) groups is 1. The molecule has 0 aliphatic carbocycles. The van der Waals surface area contributed by atoms with Crippen LogP contribution in [0.15, 0.2) is 12.1 Å². The second kappa shape index (κ2) is 4.63. The Kier molecular flexibility index (Phi) is 3.49. The fraction of sp³-hybridized carbons (Fsp3) is 0.300. The van der Waals surface area contributed by atoms with Crippen molar-refractivity contribution in [2.75, 3.05) is 21.3 Å². The maximum atomic E-state index is 13.3. The van der Waals surface area contributed by atoms with Crippen molar-refractivity contribution in [2.45, 2.75) is 0 Å². The molecule has 0 bridgehead atoms. The van der Waals surface area contributed by atoms with E-state index in [2.05, 4.69) is 4.74 Å². The van der Waals surface area contributed by atoms with Crippen molar-refractivity contribution in [1.29, 1.82) is 0 Å². The van der Waals surface area contributed by atoms with Gasteiger partial charge >= 0.3 is 5.97 Å². The van der Waals surface area contributed by atoms with E-state index in [1.54, 1.807) is 0 Å². The molecule has 4 nitrogen and oxygen atoms in total. The molecule has 1 aromatic rings. The summed E-state index contributed by atoms with van der Waals surface area (Å²) in [6.45, 7) is 0. The van der Waals surface area contributed by atoms with Crippen LogP contribution in [-0.4, -0.2) is 27.3 Å². The van der Waals surface area contributed by atoms with Crippen LogP contribution in [0.3, 0.4) is 0 Å². The van der Waals surface area contributed by atoms with E-state index < -0.39 is 11.8 Å². The molecule has 1 aromatic carbocycles. The van der Waals surface area contributed by atoms with Gasteiger partial charge in [-0.15, -0.1) is 0 Å². The fourth-order valence-corrected chi connectivity index (χ4v) is 1.20. The molecule has 0 atom stereocenters. The predicted octanol–water partition coefficient (Wildman–Crippen LogP) is 1.63. The SMILES string of the molecule is COC(=O)c1c(OC)ccc(F)c1OC. The normalized spacial score (nSPS) is 9.60. The van der Waals surface area contributed by atoms with Gasteiger partial charge in [0.05, 0.1) is 21.3 Å². The van der Waals surface area contributed by atoms with Crippen molar-refractivity contribution in [3.8, 4) is 11.5 Å². The zero-order valence-electron chi connectivity index (χ0n) is 8.67. The van der Waals surface area contributed by atoms with Gasteiger partial charge in [-0.1, -0.05) is 0 Å². The van der Waals surface area contributed by atoms with Crippen molar-refractivity contribution in [3.05, 3.63) is 23.5 Å². The van der Waals surface area contributed by atoms with Gasteiger partial charge in [-0.2, -0.15) is 0 Å². The Bertz CT molecular complexity index is 376. The first-order chi connectivity index (χ1) is 7.15. The van der Waals surface area contributed by atoms with Gasteiger partial charge in [-0.05, 0) is 12.1 Å². The van der Waals surface area contributed by atoms with Crippen LogP contribution < -0.4 is 9.47 Å². The molecule has 1 rings (SSSR count). The molecule has 82 valence electrons. The average molecular weight is 214 g/mol. The average Bonchev–Trinajstić information content (AvgIpc) is 2.27. The maximum Gasteiger partial charge on any atom is 0.345 e. The number of rotatable bonds is 3. The topological polar surface area (TPSA) is 44.8 Å². The van der Waals surface area contributed by atoms with Crippen LogP contribution >= 0.6 is 0 Å². The van der Waals surface area contributed by atoms with Crippen LogP contribution in [-0.2, 0) is 4.74 Å². The molecule has 0 N–H and O–H groups in total.